The lowest BCUT2D eigenvalue weighted by atomic mass is 9.69. The van der Waals surface area contributed by atoms with E-state index in [0.29, 0.717) is 17.5 Å². The van der Waals surface area contributed by atoms with Crippen LogP contribution in [0.25, 0.3) is 0 Å². The molecule has 2 saturated carbocycles. The van der Waals surface area contributed by atoms with E-state index in [-0.39, 0.29) is 35.5 Å². The molecular formula is C28H28N2O5S. The Morgan fingerprint density at radius 3 is 2.58 bits per heavy atom. The number of esters is 1. The monoisotopic (exact) mass is 504 g/mol. The average Bonchev–Trinajstić information content (AvgIpc) is 3.32. The molecule has 1 saturated heterocycles. The molecule has 186 valence electrons. The van der Waals surface area contributed by atoms with Crippen molar-refractivity contribution in [1.29, 1.82) is 0 Å². The standard InChI is InChI=1S/C28H28N2O5S/c1-34-18-12-10-17(11-13-18)15-35-28(33)24-22-19-8-5-9-20(19)25(22)36-27-23(26(32)30(24)27)29-21(31)14-16-6-3-2-4-7-16/h2-4,6-7,10-13,19-20,23,25,27H,5,8-9,14-15H2,1H3,(H,29,31)/t19-,20+,23+,25-,27+/m0/s1. The summed E-state index contributed by atoms with van der Waals surface area (Å²) in [4.78, 5) is 40.9. The van der Waals surface area contributed by atoms with Crippen molar-refractivity contribution in [2.45, 2.75) is 49.0 Å². The van der Waals surface area contributed by atoms with Gasteiger partial charge in [0.25, 0.3) is 5.91 Å². The predicted molar refractivity (Wildman–Crippen MR) is 135 cm³/mol. The van der Waals surface area contributed by atoms with E-state index in [1.165, 1.54) is 0 Å². The van der Waals surface area contributed by atoms with Crippen LogP contribution in [0.15, 0.2) is 65.9 Å². The van der Waals surface area contributed by atoms with Gasteiger partial charge in [0.05, 0.1) is 13.5 Å². The number of hydrogen-bond donors (Lipinski definition) is 1. The Hall–Kier alpha value is -3.26. The van der Waals surface area contributed by atoms with Gasteiger partial charge in [-0.1, -0.05) is 48.9 Å². The molecule has 4 aliphatic rings. The molecule has 2 aliphatic heterocycles. The van der Waals surface area contributed by atoms with E-state index in [1.807, 2.05) is 54.6 Å². The number of nitrogens with zero attached hydrogens (tertiary/aromatic N) is 1. The molecule has 0 bridgehead atoms. The first-order valence-corrected chi connectivity index (χ1v) is 13.4. The van der Waals surface area contributed by atoms with Gasteiger partial charge in [0.2, 0.25) is 5.91 Å². The van der Waals surface area contributed by atoms with Crippen LogP contribution < -0.4 is 10.1 Å². The summed E-state index contributed by atoms with van der Waals surface area (Å²) in [6.07, 6.45) is 3.55. The third-order valence-corrected chi connectivity index (χ3v) is 9.41. The van der Waals surface area contributed by atoms with Crippen LogP contribution >= 0.6 is 11.8 Å². The molecule has 6 rings (SSSR count). The number of ether oxygens (including phenoxy) is 2. The van der Waals surface area contributed by atoms with Crippen molar-refractivity contribution >= 4 is 29.5 Å². The van der Waals surface area contributed by atoms with Gasteiger partial charge in [0.1, 0.15) is 29.5 Å². The van der Waals surface area contributed by atoms with Crippen LogP contribution in [0.4, 0.5) is 0 Å². The van der Waals surface area contributed by atoms with Crippen molar-refractivity contribution in [2.24, 2.45) is 11.8 Å². The van der Waals surface area contributed by atoms with Crippen LogP contribution in [0.2, 0.25) is 0 Å². The van der Waals surface area contributed by atoms with Gasteiger partial charge < -0.3 is 14.8 Å². The number of rotatable bonds is 7. The normalized spacial score (nSPS) is 27.8. The average molecular weight is 505 g/mol. The van der Waals surface area contributed by atoms with Crippen molar-refractivity contribution in [1.82, 2.24) is 10.2 Å². The summed E-state index contributed by atoms with van der Waals surface area (Å²) in [7, 11) is 1.60. The van der Waals surface area contributed by atoms with Crippen LogP contribution in [0, 0.1) is 11.8 Å². The van der Waals surface area contributed by atoms with Crippen molar-refractivity contribution in [2.75, 3.05) is 7.11 Å². The minimum Gasteiger partial charge on any atom is -0.497 e. The fourth-order valence-electron chi connectivity index (χ4n) is 5.97. The predicted octanol–water partition coefficient (Wildman–Crippen LogP) is 3.43. The van der Waals surface area contributed by atoms with Gasteiger partial charge in [0.15, 0.2) is 0 Å². The zero-order valence-corrected chi connectivity index (χ0v) is 20.8. The molecule has 8 heteroatoms. The number of β-lactam (4-membered cyclic amide) rings is 1. The molecule has 7 nitrogen and oxygen atoms in total. The van der Waals surface area contributed by atoms with Gasteiger partial charge in [0, 0.05) is 5.25 Å². The zero-order chi connectivity index (χ0) is 24.8. The molecule has 5 atom stereocenters. The lowest BCUT2D eigenvalue weighted by Gasteiger charge is -2.58. The molecule has 36 heavy (non-hydrogen) atoms. The van der Waals surface area contributed by atoms with Crippen LogP contribution in [0.1, 0.15) is 30.4 Å². The molecule has 2 aliphatic carbocycles. The molecule has 0 radical (unpaired) electrons. The molecule has 0 spiro atoms. The first-order chi connectivity index (χ1) is 17.5. The van der Waals surface area contributed by atoms with E-state index >= 15 is 0 Å². The number of methoxy groups -OCH3 is 1. The highest BCUT2D eigenvalue weighted by Crippen LogP contribution is 2.62. The highest BCUT2D eigenvalue weighted by Gasteiger charge is 2.63. The Bertz CT molecular complexity index is 1230. The maximum atomic E-state index is 13.4. The van der Waals surface area contributed by atoms with Crippen molar-refractivity contribution in [3.63, 3.8) is 0 Å². The van der Waals surface area contributed by atoms with Gasteiger partial charge in [-0.15, -0.1) is 11.8 Å². The van der Waals surface area contributed by atoms with Crippen LogP contribution in [-0.4, -0.2) is 46.5 Å². The lowest BCUT2D eigenvalue weighted by molar-refractivity contribution is -0.154. The van der Waals surface area contributed by atoms with E-state index < -0.39 is 12.0 Å². The number of nitrogens with one attached hydrogen (secondary N) is 1. The van der Waals surface area contributed by atoms with E-state index in [9.17, 15) is 14.4 Å². The largest absolute Gasteiger partial charge is 0.497 e. The van der Waals surface area contributed by atoms with Crippen LogP contribution in [-0.2, 0) is 32.1 Å². The SMILES string of the molecule is COc1ccc(COC(=O)C2=C3[C@H]4CCC[C@H]4[C@@H]3S[C@@H]3[C@H](NC(=O)Cc4ccccc4)C(=O)N23)cc1. The van der Waals surface area contributed by atoms with Gasteiger partial charge in [-0.25, -0.2) is 4.79 Å². The van der Waals surface area contributed by atoms with Crippen LogP contribution in [0.3, 0.4) is 0 Å². The summed E-state index contributed by atoms with van der Waals surface area (Å²) in [6.45, 7) is 0.120. The molecule has 0 aromatic heterocycles. The number of amides is 2. The van der Waals surface area contributed by atoms with E-state index in [1.54, 1.807) is 23.8 Å². The second-order valence-electron chi connectivity index (χ2n) is 9.79. The number of fused-ring (bicyclic) bond motifs is 5. The molecule has 2 aromatic rings. The van der Waals surface area contributed by atoms with Gasteiger partial charge in [-0.05, 0) is 53.5 Å². The second-order valence-corrected chi connectivity index (χ2v) is 11.1. The van der Waals surface area contributed by atoms with E-state index in [0.717, 1.165) is 41.7 Å². The lowest BCUT2D eigenvalue weighted by Crippen LogP contribution is -2.72. The second kappa shape index (κ2) is 9.32. The molecule has 2 amide bonds. The Balaban J connectivity index is 1.19. The maximum Gasteiger partial charge on any atom is 0.355 e. The summed E-state index contributed by atoms with van der Waals surface area (Å²) in [6, 6.07) is 16.2. The quantitative estimate of drug-likeness (QED) is 0.459. The number of thioether (sulfide) groups is 1. The van der Waals surface area contributed by atoms with Gasteiger partial charge in [-0.2, -0.15) is 0 Å². The molecular weight excluding hydrogens is 476 g/mol. The fourth-order valence-corrected chi connectivity index (χ4v) is 7.90. The highest BCUT2D eigenvalue weighted by atomic mass is 32.2. The zero-order valence-electron chi connectivity index (χ0n) is 20.0. The van der Waals surface area contributed by atoms with Gasteiger partial charge >= 0.3 is 5.97 Å². The number of carbonyl (C=O) groups excluding carboxylic acids is 3. The third kappa shape index (κ3) is 3.88. The Labute approximate surface area is 214 Å². The van der Waals surface area contributed by atoms with E-state index in [2.05, 4.69) is 5.32 Å². The number of hydrogen-bond acceptors (Lipinski definition) is 6. The first kappa shape index (κ1) is 23.2. The summed E-state index contributed by atoms with van der Waals surface area (Å²) in [5.74, 6) is 0.741. The van der Waals surface area contributed by atoms with Crippen molar-refractivity contribution in [3.05, 3.63) is 77.0 Å². The molecule has 0 unspecified atom stereocenters. The Morgan fingerprint density at radius 1 is 1.06 bits per heavy atom. The number of carbonyl (C=O) groups is 3. The highest BCUT2D eigenvalue weighted by molar-refractivity contribution is 8.01. The fraction of sp³-hybridized carbons (Fsp3) is 0.393. The van der Waals surface area contributed by atoms with E-state index in [4.69, 9.17) is 9.47 Å². The summed E-state index contributed by atoms with van der Waals surface area (Å²) >= 11 is 1.72. The summed E-state index contributed by atoms with van der Waals surface area (Å²) in [5, 5.41) is 2.85. The Morgan fingerprint density at radius 2 is 1.83 bits per heavy atom. The first-order valence-electron chi connectivity index (χ1n) is 12.4. The minimum atomic E-state index is -0.627. The van der Waals surface area contributed by atoms with Crippen molar-refractivity contribution < 1.29 is 23.9 Å². The van der Waals surface area contributed by atoms with Gasteiger partial charge in [-0.3, -0.25) is 14.5 Å². The van der Waals surface area contributed by atoms with Crippen molar-refractivity contribution in [3.8, 4) is 5.75 Å². The third-order valence-electron chi connectivity index (χ3n) is 7.75. The molecule has 1 N–H and O–H groups in total. The van der Waals surface area contributed by atoms with Crippen LogP contribution in [0.5, 0.6) is 5.75 Å². The summed E-state index contributed by atoms with van der Waals surface area (Å²) < 4.78 is 10.9. The molecule has 2 aromatic carbocycles. The molecule has 3 fully saturated rings. The topological polar surface area (TPSA) is 84.9 Å². The number of benzene rings is 2. The smallest absolute Gasteiger partial charge is 0.355 e. The minimum absolute atomic E-state index is 0.120. The molecule has 2 heterocycles. The Kier molecular flexibility index (Phi) is 5.99. The summed E-state index contributed by atoms with van der Waals surface area (Å²) in [5.41, 5.74) is 3.23. The maximum absolute atomic E-state index is 13.4.